The lowest BCUT2D eigenvalue weighted by Gasteiger charge is -2.16. The molecule has 0 atom stereocenters. The second kappa shape index (κ2) is 7.47. The van der Waals surface area contributed by atoms with E-state index in [9.17, 15) is 18.0 Å². The fraction of sp³-hybridized carbons (Fsp3) is 0.222. The number of aryl methyl sites for hydroxylation is 2. The third kappa shape index (κ3) is 4.24. The van der Waals surface area contributed by atoms with Crippen molar-refractivity contribution in [3.63, 3.8) is 0 Å². The minimum absolute atomic E-state index is 0.00573. The number of hydrogen-bond acceptors (Lipinski definition) is 3. The molecule has 0 fully saturated rings. The van der Waals surface area contributed by atoms with Crippen LogP contribution in [0.25, 0.3) is 5.69 Å². The van der Waals surface area contributed by atoms with E-state index in [-0.39, 0.29) is 12.1 Å². The highest BCUT2D eigenvalue weighted by Gasteiger charge is 2.34. The molecule has 2 aromatic heterocycles. The summed E-state index contributed by atoms with van der Waals surface area (Å²) in [5.74, 6) is -0.423. The van der Waals surface area contributed by atoms with Crippen LogP contribution in [-0.4, -0.2) is 15.7 Å². The van der Waals surface area contributed by atoms with Gasteiger partial charge >= 0.3 is 6.18 Å². The molecule has 27 heavy (non-hydrogen) atoms. The predicted octanol–water partition coefficient (Wildman–Crippen LogP) is 5.26. The van der Waals surface area contributed by atoms with Crippen LogP contribution in [0.3, 0.4) is 0 Å². The molecule has 0 unspecified atom stereocenters. The van der Waals surface area contributed by atoms with Crippen molar-refractivity contribution in [2.75, 3.05) is 0 Å². The van der Waals surface area contributed by atoms with Gasteiger partial charge < -0.3 is 5.32 Å². The molecule has 1 N–H and O–H groups in total. The van der Waals surface area contributed by atoms with Crippen molar-refractivity contribution >= 4 is 33.2 Å². The molecule has 0 aliphatic rings. The molecule has 3 rings (SSSR count). The third-order valence-electron chi connectivity index (χ3n) is 3.92. The number of nitrogens with one attached hydrogen (secondary N) is 1. The van der Waals surface area contributed by atoms with E-state index in [2.05, 4.69) is 26.3 Å². The number of amides is 1. The summed E-state index contributed by atoms with van der Waals surface area (Å²) < 4.78 is 42.8. The van der Waals surface area contributed by atoms with Crippen molar-refractivity contribution in [1.29, 1.82) is 0 Å². The molecule has 3 aromatic rings. The summed E-state index contributed by atoms with van der Waals surface area (Å²) in [4.78, 5) is 12.6. The van der Waals surface area contributed by atoms with Crippen LogP contribution in [0.4, 0.5) is 13.2 Å². The van der Waals surface area contributed by atoms with Gasteiger partial charge in [-0.15, -0.1) is 11.3 Å². The molecule has 9 heteroatoms. The first-order valence-corrected chi connectivity index (χ1v) is 9.59. The molecule has 0 saturated carbocycles. The largest absolute Gasteiger partial charge is 0.416 e. The van der Waals surface area contributed by atoms with Crippen LogP contribution in [0.1, 0.15) is 32.2 Å². The van der Waals surface area contributed by atoms with Gasteiger partial charge in [-0.05, 0) is 65.0 Å². The Morgan fingerprint density at radius 2 is 2.00 bits per heavy atom. The fourth-order valence-electron chi connectivity index (χ4n) is 2.72. The molecule has 0 aliphatic heterocycles. The first-order valence-electron chi connectivity index (χ1n) is 7.92. The lowest BCUT2D eigenvalue weighted by Crippen LogP contribution is -2.24. The van der Waals surface area contributed by atoms with Gasteiger partial charge in [0.2, 0.25) is 0 Å². The maximum absolute atomic E-state index is 13.6. The van der Waals surface area contributed by atoms with Gasteiger partial charge in [-0.25, -0.2) is 4.68 Å². The monoisotopic (exact) mass is 457 g/mol. The summed E-state index contributed by atoms with van der Waals surface area (Å²) in [6.45, 7) is 3.33. The van der Waals surface area contributed by atoms with E-state index < -0.39 is 17.6 Å². The Balaban J connectivity index is 1.90. The maximum Gasteiger partial charge on any atom is 0.416 e. The fourth-order valence-corrected chi connectivity index (χ4v) is 4.18. The molecule has 0 bridgehead atoms. The zero-order valence-corrected chi connectivity index (χ0v) is 16.8. The Morgan fingerprint density at radius 3 is 2.56 bits per heavy atom. The zero-order valence-electron chi connectivity index (χ0n) is 14.4. The van der Waals surface area contributed by atoms with E-state index in [0.717, 1.165) is 17.5 Å². The molecule has 4 nitrogen and oxygen atoms in total. The number of carbonyl (C=O) groups excluding carboxylic acids is 1. The molecule has 0 radical (unpaired) electrons. The summed E-state index contributed by atoms with van der Waals surface area (Å²) >= 11 is 4.46. The Bertz CT molecular complexity index is 994. The lowest BCUT2D eigenvalue weighted by atomic mass is 10.1. The molecule has 0 spiro atoms. The number of halogens is 4. The summed E-state index contributed by atoms with van der Waals surface area (Å²) in [6, 6.07) is 7.50. The predicted molar refractivity (Wildman–Crippen MR) is 101 cm³/mol. The second-order valence-electron chi connectivity index (χ2n) is 5.96. The standard InChI is InChI=1S/C18H15BrF3N3OS/c1-10-7-11(2)25(24-10)13-4-3-12(14(8-13)18(20,21)22)9-23-17(26)16-15(19)5-6-27-16/h3-8H,9H2,1-2H3,(H,23,26). The van der Waals surface area contributed by atoms with Crippen LogP contribution >= 0.6 is 27.3 Å². The highest BCUT2D eigenvalue weighted by atomic mass is 79.9. The van der Waals surface area contributed by atoms with Gasteiger partial charge in [0.05, 0.1) is 16.9 Å². The van der Waals surface area contributed by atoms with Crippen LogP contribution < -0.4 is 5.32 Å². The number of carbonyl (C=O) groups is 1. The van der Waals surface area contributed by atoms with Crippen molar-refractivity contribution in [3.8, 4) is 5.69 Å². The average Bonchev–Trinajstić information content (AvgIpc) is 3.16. The number of aromatic nitrogens is 2. The number of rotatable bonds is 4. The Labute approximate surface area is 166 Å². The number of alkyl halides is 3. The molecule has 2 heterocycles. The Kier molecular flexibility index (Phi) is 5.43. The van der Waals surface area contributed by atoms with E-state index in [0.29, 0.717) is 15.0 Å². The van der Waals surface area contributed by atoms with Crippen LogP contribution in [0, 0.1) is 13.8 Å². The second-order valence-corrected chi connectivity index (χ2v) is 7.73. The van der Waals surface area contributed by atoms with Crippen LogP contribution in [0.15, 0.2) is 40.2 Å². The average molecular weight is 458 g/mol. The van der Waals surface area contributed by atoms with E-state index >= 15 is 0 Å². The normalized spacial score (nSPS) is 11.6. The smallest absolute Gasteiger partial charge is 0.347 e. The molecule has 142 valence electrons. The van der Waals surface area contributed by atoms with Gasteiger partial charge in [0.1, 0.15) is 4.88 Å². The first kappa shape index (κ1) is 19.6. The van der Waals surface area contributed by atoms with Gasteiger partial charge in [-0.1, -0.05) is 6.07 Å². The SMILES string of the molecule is Cc1cc(C)n(-c2ccc(CNC(=O)c3sccc3Br)c(C(F)(F)F)c2)n1. The molecular weight excluding hydrogens is 443 g/mol. The van der Waals surface area contributed by atoms with E-state index in [4.69, 9.17) is 0 Å². The molecule has 0 saturated heterocycles. The lowest BCUT2D eigenvalue weighted by molar-refractivity contribution is -0.138. The van der Waals surface area contributed by atoms with Crippen molar-refractivity contribution in [1.82, 2.24) is 15.1 Å². The topological polar surface area (TPSA) is 46.9 Å². The van der Waals surface area contributed by atoms with Crippen LogP contribution in [0.2, 0.25) is 0 Å². The molecule has 1 aromatic carbocycles. The number of thiophene rings is 1. The van der Waals surface area contributed by atoms with E-state index in [1.54, 1.807) is 37.4 Å². The van der Waals surface area contributed by atoms with Gasteiger partial charge in [0.15, 0.2) is 0 Å². The van der Waals surface area contributed by atoms with Crippen LogP contribution in [0.5, 0.6) is 0 Å². The maximum atomic E-state index is 13.6. The highest BCUT2D eigenvalue weighted by molar-refractivity contribution is 9.10. The summed E-state index contributed by atoms with van der Waals surface area (Å²) in [7, 11) is 0. The quantitative estimate of drug-likeness (QED) is 0.580. The zero-order chi connectivity index (χ0) is 19.8. The van der Waals surface area contributed by atoms with Gasteiger partial charge in [-0.2, -0.15) is 18.3 Å². The van der Waals surface area contributed by atoms with Gasteiger partial charge in [0, 0.05) is 16.7 Å². The minimum atomic E-state index is -4.55. The highest BCUT2D eigenvalue weighted by Crippen LogP contribution is 2.34. The Hall–Kier alpha value is -2.13. The minimum Gasteiger partial charge on any atom is -0.347 e. The molecule has 1 amide bonds. The number of nitrogens with zero attached hydrogens (tertiary/aromatic N) is 2. The summed E-state index contributed by atoms with van der Waals surface area (Å²) in [6.07, 6.45) is -4.55. The van der Waals surface area contributed by atoms with Crippen molar-refractivity contribution in [2.24, 2.45) is 0 Å². The van der Waals surface area contributed by atoms with E-state index in [1.807, 2.05) is 0 Å². The molecular formula is C18H15BrF3N3OS. The van der Waals surface area contributed by atoms with Gasteiger partial charge in [-0.3, -0.25) is 4.79 Å². The summed E-state index contributed by atoms with van der Waals surface area (Å²) in [5.41, 5.74) is 0.985. The van der Waals surface area contributed by atoms with Crippen molar-refractivity contribution in [3.05, 3.63) is 67.6 Å². The number of hydrogen-bond donors (Lipinski definition) is 1. The number of benzene rings is 1. The molecule has 0 aliphatic carbocycles. The van der Waals surface area contributed by atoms with Crippen LogP contribution in [-0.2, 0) is 12.7 Å². The van der Waals surface area contributed by atoms with E-state index in [1.165, 1.54) is 22.1 Å². The Morgan fingerprint density at radius 1 is 1.26 bits per heavy atom. The summed E-state index contributed by atoms with van der Waals surface area (Å²) in [5, 5.41) is 8.50. The first-order chi connectivity index (χ1) is 12.7. The third-order valence-corrected chi connectivity index (χ3v) is 5.75. The van der Waals surface area contributed by atoms with Crippen molar-refractivity contribution < 1.29 is 18.0 Å². The van der Waals surface area contributed by atoms with Crippen molar-refractivity contribution in [2.45, 2.75) is 26.6 Å². The van der Waals surface area contributed by atoms with Gasteiger partial charge in [0.25, 0.3) is 5.91 Å².